The second-order valence-corrected chi connectivity index (χ2v) is 5.85. The van der Waals surface area contributed by atoms with E-state index in [0.717, 1.165) is 5.56 Å². The van der Waals surface area contributed by atoms with Crippen molar-refractivity contribution < 1.29 is 9.00 Å². The van der Waals surface area contributed by atoms with E-state index in [-0.39, 0.29) is 17.9 Å². The largest absolute Gasteiger partial charge is 0.355 e. The summed E-state index contributed by atoms with van der Waals surface area (Å²) in [5, 5.41) is 2.75. The molecule has 1 aromatic carbocycles. The Hall–Kier alpha value is -1.20. The van der Waals surface area contributed by atoms with E-state index in [1.165, 1.54) is 0 Å². The Morgan fingerprint density at radius 2 is 2.00 bits per heavy atom. The average Bonchev–Trinajstić information content (AvgIpc) is 2.37. The van der Waals surface area contributed by atoms with Crippen LogP contribution >= 0.6 is 0 Å². The lowest BCUT2D eigenvalue weighted by molar-refractivity contribution is -0.125. The number of benzene rings is 1. The topological polar surface area (TPSA) is 72.2 Å². The zero-order valence-electron chi connectivity index (χ0n) is 10.8. The zero-order valence-corrected chi connectivity index (χ0v) is 11.6. The van der Waals surface area contributed by atoms with Gasteiger partial charge in [-0.25, -0.2) is 0 Å². The minimum Gasteiger partial charge on any atom is -0.355 e. The third-order valence-electron chi connectivity index (χ3n) is 2.83. The Labute approximate surface area is 110 Å². The summed E-state index contributed by atoms with van der Waals surface area (Å²) in [4.78, 5) is 11.8. The molecule has 0 radical (unpaired) electrons. The molecule has 0 aromatic heterocycles. The molecule has 0 bridgehead atoms. The van der Waals surface area contributed by atoms with E-state index in [2.05, 4.69) is 5.32 Å². The van der Waals surface area contributed by atoms with Crippen LogP contribution < -0.4 is 11.1 Å². The maximum Gasteiger partial charge on any atom is 0.224 e. The predicted octanol–water partition coefficient (Wildman–Crippen LogP) is 0.817. The summed E-state index contributed by atoms with van der Waals surface area (Å²) in [6.07, 6.45) is 1.62. The van der Waals surface area contributed by atoms with Crippen LogP contribution in [-0.4, -0.2) is 28.7 Å². The molecule has 0 heterocycles. The number of amides is 1. The van der Waals surface area contributed by atoms with Crippen LogP contribution in [0.1, 0.15) is 18.5 Å². The van der Waals surface area contributed by atoms with Crippen molar-refractivity contribution in [3.8, 4) is 0 Å². The van der Waals surface area contributed by atoms with Crippen molar-refractivity contribution >= 4 is 16.7 Å². The van der Waals surface area contributed by atoms with Crippen molar-refractivity contribution in [2.75, 3.05) is 18.6 Å². The number of nitrogens with one attached hydrogen (secondary N) is 1. The van der Waals surface area contributed by atoms with Crippen LogP contribution in [0.5, 0.6) is 0 Å². The molecule has 3 unspecified atom stereocenters. The van der Waals surface area contributed by atoms with Gasteiger partial charge in [-0.15, -0.1) is 0 Å². The van der Waals surface area contributed by atoms with Crippen LogP contribution in [0.2, 0.25) is 0 Å². The number of carbonyl (C=O) groups is 1. The van der Waals surface area contributed by atoms with Crippen molar-refractivity contribution in [3.63, 3.8) is 0 Å². The van der Waals surface area contributed by atoms with Crippen molar-refractivity contribution in [1.82, 2.24) is 5.32 Å². The Morgan fingerprint density at radius 3 is 2.56 bits per heavy atom. The second kappa shape index (κ2) is 7.28. The molecule has 0 aliphatic rings. The molecular weight excluding hydrogens is 248 g/mol. The van der Waals surface area contributed by atoms with Crippen LogP contribution in [0.3, 0.4) is 0 Å². The molecule has 0 aliphatic carbocycles. The minimum atomic E-state index is -0.888. The maximum atomic E-state index is 11.8. The first-order valence-corrected chi connectivity index (χ1v) is 7.63. The SMILES string of the molecule is CC(C(=O)NCCS(C)=O)C(N)c1ccccc1. The first-order chi connectivity index (χ1) is 8.52. The van der Waals surface area contributed by atoms with Crippen LogP contribution in [-0.2, 0) is 15.6 Å². The monoisotopic (exact) mass is 268 g/mol. The van der Waals surface area contributed by atoms with Gasteiger partial charge in [0, 0.05) is 35.4 Å². The number of hydrogen-bond donors (Lipinski definition) is 2. The molecule has 1 amide bonds. The molecule has 3 N–H and O–H groups in total. The number of nitrogens with two attached hydrogens (primary N) is 1. The standard InChI is InChI=1S/C13H20N2O2S/c1-10(13(16)15-8-9-18(2)17)12(14)11-6-4-3-5-7-11/h3-7,10,12H,8-9,14H2,1-2H3,(H,15,16). The van der Waals surface area contributed by atoms with Crippen LogP contribution in [0.15, 0.2) is 30.3 Å². The van der Waals surface area contributed by atoms with Crippen molar-refractivity contribution in [1.29, 1.82) is 0 Å². The molecule has 4 nitrogen and oxygen atoms in total. The van der Waals surface area contributed by atoms with Crippen molar-refractivity contribution in [3.05, 3.63) is 35.9 Å². The van der Waals surface area contributed by atoms with E-state index in [9.17, 15) is 9.00 Å². The van der Waals surface area contributed by atoms with Crippen LogP contribution in [0, 0.1) is 5.92 Å². The molecule has 0 saturated heterocycles. The molecule has 1 aromatic rings. The van der Waals surface area contributed by atoms with Gasteiger partial charge in [-0.05, 0) is 5.56 Å². The van der Waals surface area contributed by atoms with E-state index in [4.69, 9.17) is 5.73 Å². The van der Waals surface area contributed by atoms with E-state index in [1.54, 1.807) is 13.2 Å². The summed E-state index contributed by atoms with van der Waals surface area (Å²) in [5.41, 5.74) is 6.99. The molecule has 18 heavy (non-hydrogen) atoms. The number of carbonyl (C=O) groups excluding carboxylic acids is 1. The van der Waals surface area contributed by atoms with E-state index >= 15 is 0 Å². The lowest BCUT2D eigenvalue weighted by atomic mass is 9.95. The smallest absolute Gasteiger partial charge is 0.224 e. The summed E-state index contributed by atoms with van der Waals surface area (Å²) in [7, 11) is -0.888. The van der Waals surface area contributed by atoms with E-state index in [1.807, 2.05) is 30.3 Å². The first-order valence-electron chi connectivity index (χ1n) is 5.90. The predicted molar refractivity (Wildman–Crippen MR) is 74.5 cm³/mol. The molecule has 0 aliphatic heterocycles. The highest BCUT2D eigenvalue weighted by Gasteiger charge is 2.21. The fourth-order valence-electron chi connectivity index (χ4n) is 1.61. The summed E-state index contributed by atoms with van der Waals surface area (Å²) in [5.74, 6) is 0.0634. The maximum absolute atomic E-state index is 11.8. The van der Waals surface area contributed by atoms with Gasteiger partial charge in [-0.1, -0.05) is 37.3 Å². The third-order valence-corrected chi connectivity index (χ3v) is 3.60. The fraction of sp³-hybridized carbons (Fsp3) is 0.462. The molecule has 100 valence electrons. The molecule has 0 saturated carbocycles. The van der Waals surface area contributed by atoms with E-state index in [0.29, 0.717) is 12.3 Å². The Morgan fingerprint density at radius 1 is 1.39 bits per heavy atom. The molecule has 0 fully saturated rings. The highest BCUT2D eigenvalue weighted by Crippen LogP contribution is 2.18. The zero-order chi connectivity index (χ0) is 13.5. The first kappa shape index (κ1) is 14.9. The Bertz CT molecular complexity index is 409. The molecule has 5 heteroatoms. The normalized spacial score (nSPS) is 15.7. The lowest BCUT2D eigenvalue weighted by Crippen LogP contribution is -2.37. The van der Waals surface area contributed by atoms with Gasteiger partial charge in [0.2, 0.25) is 5.91 Å². The highest BCUT2D eigenvalue weighted by atomic mass is 32.2. The third kappa shape index (κ3) is 4.58. The minimum absolute atomic E-state index is 0.100. The summed E-state index contributed by atoms with van der Waals surface area (Å²) in [6.45, 7) is 2.23. The van der Waals surface area contributed by atoms with Gasteiger partial charge in [0.15, 0.2) is 0 Å². The summed E-state index contributed by atoms with van der Waals surface area (Å²) < 4.78 is 10.9. The fourth-order valence-corrected chi connectivity index (χ4v) is 2.00. The number of rotatable bonds is 6. The van der Waals surface area contributed by atoms with Gasteiger partial charge >= 0.3 is 0 Å². The van der Waals surface area contributed by atoms with Gasteiger partial charge in [0.05, 0.1) is 5.92 Å². The Balaban J connectivity index is 2.50. The lowest BCUT2D eigenvalue weighted by Gasteiger charge is -2.19. The Kier molecular flexibility index (Phi) is 6.01. The molecule has 0 spiro atoms. The van der Waals surface area contributed by atoms with Gasteiger partial charge in [-0.2, -0.15) is 0 Å². The highest BCUT2D eigenvalue weighted by molar-refractivity contribution is 7.84. The van der Waals surface area contributed by atoms with Gasteiger partial charge < -0.3 is 11.1 Å². The molecule has 1 rings (SSSR count). The number of hydrogen-bond acceptors (Lipinski definition) is 3. The van der Waals surface area contributed by atoms with Gasteiger partial charge in [-0.3, -0.25) is 9.00 Å². The second-order valence-electron chi connectivity index (χ2n) is 4.29. The summed E-state index contributed by atoms with van der Waals surface area (Å²) >= 11 is 0. The van der Waals surface area contributed by atoms with Gasteiger partial charge in [0.1, 0.15) is 0 Å². The molecular formula is C13H20N2O2S. The van der Waals surface area contributed by atoms with Gasteiger partial charge in [0.25, 0.3) is 0 Å². The van der Waals surface area contributed by atoms with Crippen molar-refractivity contribution in [2.45, 2.75) is 13.0 Å². The summed E-state index contributed by atoms with van der Waals surface area (Å²) in [6, 6.07) is 9.22. The van der Waals surface area contributed by atoms with E-state index < -0.39 is 10.8 Å². The average molecular weight is 268 g/mol. The van der Waals surface area contributed by atoms with Crippen LogP contribution in [0.4, 0.5) is 0 Å². The van der Waals surface area contributed by atoms with Crippen LogP contribution in [0.25, 0.3) is 0 Å². The van der Waals surface area contributed by atoms with Crippen molar-refractivity contribution in [2.24, 2.45) is 11.7 Å². The quantitative estimate of drug-likeness (QED) is 0.802. The molecule has 3 atom stereocenters.